The Bertz CT molecular complexity index is 764. The van der Waals surface area contributed by atoms with Crippen molar-refractivity contribution in [3.63, 3.8) is 0 Å². The average Bonchev–Trinajstić information content (AvgIpc) is 3.17. The van der Waals surface area contributed by atoms with Crippen molar-refractivity contribution in [1.29, 1.82) is 0 Å². The first-order chi connectivity index (χ1) is 11.0. The lowest BCUT2D eigenvalue weighted by molar-refractivity contribution is 0.0147. The molecule has 0 aliphatic rings. The first-order valence-electron chi connectivity index (χ1n) is 7.41. The van der Waals surface area contributed by atoms with Crippen molar-refractivity contribution < 1.29 is 14.2 Å². The molecule has 0 saturated carbocycles. The molecule has 0 aliphatic carbocycles. The third-order valence-corrected chi connectivity index (χ3v) is 3.56. The van der Waals surface area contributed by atoms with E-state index in [0.717, 1.165) is 12.0 Å². The Labute approximate surface area is 133 Å². The first kappa shape index (κ1) is 15.4. The zero-order valence-electron chi connectivity index (χ0n) is 13.1. The first-order valence-corrected chi connectivity index (χ1v) is 7.41. The Kier molecular flexibility index (Phi) is 4.20. The van der Waals surface area contributed by atoms with E-state index >= 15 is 0 Å². The molecule has 2 heterocycles. The second-order valence-electron chi connectivity index (χ2n) is 5.68. The van der Waals surface area contributed by atoms with Crippen molar-refractivity contribution in [2.45, 2.75) is 38.7 Å². The summed E-state index contributed by atoms with van der Waals surface area (Å²) in [6, 6.07) is 9.96. The van der Waals surface area contributed by atoms with E-state index in [1.54, 1.807) is 13.8 Å². The van der Waals surface area contributed by atoms with Gasteiger partial charge in [-0.15, -0.1) is 0 Å². The molecule has 1 atom stereocenters. The van der Waals surface area contributed by atoms with Gasteiger partial charge in [-0.3, -0.25) is 0 Å². The van der Waals surface area contributed by atoms with E-state index < -0.39 is 5.60 Å². The summed E-state index contributed by atoms with van der Waals surface area (Å²) >= 11 is 0. The van der Waals surface area contributed by atoms with Crippen molar-refractivity contribution in [1.82, 2.24) is 20.3 Å². The van der Waals surface area contributed by atoms with Crippen LogP contribution in [0.25, 0.3) is 0 Å². The van der Waals surface area contributed by atoms with Crippen LogP contribution in [0.15, 0.2) is 39.4 Å². The topological polar surface area (TPSA) is 98.1 Å². The molecular weight excluding hydrogens is 296 g/mol. The SMILES string of the molecule is Cc1nc(Cc2noc([C@@](C)(O)CCc3ccccc3)n2)no1. The Hall–Kier alpha value is -2.54. The summed E-state index contributed by atoms with van der Waals surface area (Å²) in [6.07, 6.45) is 1.51. The standard InChI is InChI=1S/C16H18N4O3/c1-11-17-13(19-22-11)10-14-18-15(23-20-14)16(2,21)9-8-12-6-4-3-5-7-12/h3-7,21H,8-10H2,1-2H3/t16-/m0/s1. The molecule has 0 amide bonds. The van der Waals surface area contributed by atoms with E-state index in [4.69, 9.17) is 9.05 Å². The van der Waals surface area contributed by atoms with Gasteiger partial charge in [0.1, 0.15) is 5.60 Å². The van der Waals surface area contributed by atoms with E-state index in [9.17, 15) is 5.11 Å². The van der Waals surface area contributed by atoms with Gasteiger partial charge in [0.15, 0.2) is 11.6 Å². The molecule has 0 saturated heterocycles. The molecule has 2 aromatic heterocycles. The summed E-state index contributed by atoms with van der Waals surface area (Å²) in [5.41, 5.74) is -0.0383. The number of benzene rings is 1. The van der Waals surface area contributed by atoms with Gasteiger partial charge in [-0.25, -0.2) is 0 Å². The quantitative estimate of drug-likeness (QED) is 0.744. The van der Waals surface area contributed by atoms with Gasteiger partial charge in [0.05, 0.1) is 6.42 Å². The third-order valence-electron chi connectivity index (χ3n) is 3.56. The van der Waals surface area contributed by atoms with Crippen LogP contribution in [0.4, 0.5) is 0 Å². The van der Waals surface area contributed by atoms with E-state index in [0.29, 0.717) is 30.4 Å². The van der Waals surface area contributed by atoms with Crippen LogP contribution in [0.3, 0.4) is 0 Å². The lowest BCUT2D eigenvalue weighted by Gasteiger charge is -2.18. The molecule has 1 N–H and O–H groups in total. The Morgan fingerprint density at radius 3 is 2.43 bits per heavy atom. The minimum atomic E-state index is -1.19. The number of aliphatic hydroxyl groups is 1. The predicted octanol–water partition coefficient (Wildman–Crippen LogP) is 2.19. The van der Waals surface area contributed by atoms with Crippen LogP contribution >= 0.6 is 0 Å². The second-order valence-corrected chi connectivity index (χ2v) is 5.68. The molecule has 7 nitrogen and oxygen atoms in total. The normalized spacial score (nSPS) is 13.9. The molecule has 7 heteroatoms. The second kappa shape index (κ2) is 6.29. The summed E-state index contributed by atoms with van der Waals surface area (Å²) in [4.78, 5) is 8.34. The molecule has 3 rings (SSSR count). The maximum Gasteiger partial charge on any atom is 0.258 e. The van der Waals surface area contributed by atoms with Gasteiger partial charge in [-0.2, -0.15) is 9.97 Å². The fourth-order valence-electron chi connectivity index (χ4n) is 2.24. The van der Waals surface area contributed by atoms with Crippen LogP contribution in [-0.2, 0) is 18.4 Å². The van der Waals surface area contributed by atoms with E-state index in [-0.39, 0.29) is 5.89 Å². The monoisotopic (exact) mass is 314 g/mol. The Balaban J connectivity index is 1.65. The van der Waals surface area contributed by atoms with E-state index in [1.165, 1.54) is 0 Å². The van der Waals surface area contributed by atoms with Crippen LogP contribution in [0.5, 0.6) is 0 Å². The minimum Gasteiger partial charge on any atom is -0.380 e. The number of aromatic nitrogens is 4. The highest BCUT2D eigenvalue weighted by Crippen LogP contribution is 2.25. The summed E-state index contributed by atoms with van der Waals surface area (Å²) < 4.78 is 10.1. The summed E-state index contributed by atoms with van der Waals surface area (Å²) in [7, 11) is 0. The zero-order valence-corrected chi connectivity index (χ0v) is 13.1. The van der Waals surface area contributed by atoms with Gasteiger partial charge in [-0.1, -0.05) is 40.6 Å². The molecule has 0 spiro atoms. The maximum atomic E-state index is 10.6. The largest absolute Gasteiger partial charge is 0.380 e. The molecule has 0 radical (unpaired) electrons. The average molecular weight is 314 g/mol. The molecular formula is C16H18N4O3. The lowest BCUT2D eigenvalue weighted by Crippen LogP contribution is -2.22. The smallest absolute Gasteiger partial charge is 0.258 e. The summed E-state index contributed by atoms with van der Waals surface area (Å²) in [5.74, 6) is 1.58. The van der Waals surface area contributed by atoms with Gasteiger partial charge in [0.2, 0.25) is 5.89 Å². The van der Waals surface area contributed by atoms with Gasteiger partial charge in [0.25, 0.3) is 5.89 Å². The highest BCUT2D eigenvalue weighted by Gasteiger charge is 2.30. The van der Waals surface area contributed by atoms with E-state index in [2.05, 4.69) is 20.3 Å². The predicted molar refractivity (Wildman–Crippen MR) is 80.5 cm³/mol. The molecule has 1 aromatic carbocycles. The van der Waals surface area contributed by atoms with Crippen molar-refractivity contribution in [3.8, 4) is 0 Å². The Morgan fingerprint density at radius 1 is 1.04 bits per heavy atom. The minimum absolute atomic E-state index is 0.198. The van der Waals surface area contributed by atoms with Crippen molar-refractivity contribution in [2.75, 3.05) is 0 Å². The molecule has 0 fully saturated rings. The van der Waals surface area contributed by atoms with Crippen LogP contribution in [-0.4, -0.2) is 25.4 Å². The number of rotatable bonds is 6. The van der Waals surface area contributed by atoms with Crippen LogP contribution < -0.4 is 0 Å². The third kappa shape index (κ3) is 3.81. The molecule has 120 valence electrons. The lowest BCUT2D eigenvalue weighted by atomic mass is 9.97. The van der Waals surface area contributed by atoms with E-state index in [1.807, 2.05) is 30.3 Å². The summed E-state index contributed by atoms with van der Waals surface area (Å²) in [6.45, 7) is 3.39. The van der Waals surface area contributed by atoms with Gasteiger partial charge < -0.3 is 14.2 Å². The van der Waals surface area contributed by atoms with Crippen molar-refractivity contribution in [2.24, 2.45) is 0 Å². The summed E-state index contributed by atoms with van der Waals surface area (Å²) in [5, 5.41) is 18.2. The highest BCUT2D eigenvalue weighted by molar-refractivity contribution is 5.15. The number of hydrogen-bond acceptors (Lipinski definition) is 7. The fourth-order valence-corrected chi connectivity index (χ4v) is 2.24. The van der Waals surface area contributed by atoms with Gasteiger partial charge >= 0.3 is 0 Å². The molecule has 0 bridgehead atoms. The molecule has 3 aromatic rings. The highest BCUT2D eigenvalue weighted by atomic mass is 16.5. The van der Waals surface area contributed by atoms with Crippen molar-refractivity contribution in [3.05, 3.63) is 59.3 Å². The molecule has 0 unspecified atom stereocenters. The van der Waals surface area contributed by atoms with Crippen LogP contribution in [0.1, 0.15) is 42.3 Å². The van der Waals surface area contributed by atoms with Crippen LogP contribution in [0, 0.1) is 6.92 Å². The molecule has 23 heavy (non-hydrogen) atoms. The number of nitrogens with zero attached hydrogens (tertiary/aromatic N) is 4. The van der Waals surface area contributed by atoms with Gasteiger partial charge in [0, 0.05) is 6.92 Å². The van der Waals surface area contributed by atoms with Gasteiger partial charge in [-0.05, 0) is 25.3 Å². The van der Waals surface area contributed by atoms with Crippen molar-refractivity contribution >= 4 is 0 Å². The zero-order chi connectivity index (χ0) is 16.3. The number of aryl methyl sites for hydroxylation is 2. The fraction of sp³-hybridized carbons (Fsp3) is 0.375. The molecule has 0 aliphatic heterocycles. The van der Waals surface area contributed by atoms with Crippen LogP contribution in [0.2, 0.25) is 0 Å². The maximum absolute atomic E-state index is 10.6. The number of hydrogen-bond donors (Lipinski definition) is 1. The Morgan fingerprint density at radius 2 is 1.74 bits per heavy atom.